The van der Waals surface area contributed by atoms with Gasteiger partial charge in [0.1, 0.15) is 5.69 Å². The minimum absolute atomic E-state index is 0.147. The number of nitrogens with one attached hydrogen (secondary N) is 1. The molecule has 1 N–H and O–H groups in total. The topological polar surface area (TPSA) is 108 Å². The fourth-order valence-corrected chi connectivity index (χ4v) is 2.58. The van der Waals surface area contributed by atoms with E-state index in [1.54, 1.807) is 13.0 Å². The lowest BCUT2D eigenvalue weighted by Gasteiger charge is -2.10. The maximum Gasteiger partial charge on any atom is 0.374 e. The van der Waals surface area contributed by atoms with Crippen molar-refractivity contribution >= 4 is 21.7 Å². The quantitative estimate of drug-likeness (QED) is 0.804. The summed E-state index contributed by atoms with van der Waals surface area (Å²) in [6.45, 7) is 2.08. The highest BCUT2D eigenvalue weighted by molar-refractivity contribution is 7.92. The number of hydrogen-bond acceptors (Lipinski definition) is 7. The number of aromatic nitrogens is 1. The van der Waals surface area contributed by atoms with Gasteiger partial charge < -0.3 is 13.9 Å². The monoisotopic (exact) mass is 326 g/mol. The lowest BCUT2D eigenvalue weighted by Crippen LogP contribution is -2.13. The van der Waals surface area contributed by atoms with Crippen molar-refractivity contribution in [1.29, 1.82) is 0 Å². The molecule has 2 rings (SSSR count). The summed E-state index contributed by atoms with van der Waals surface area (Å²) in [5.41, 5.74) is 0.167. The number of methoxy groups -OCH3 is 1. The van der Waals surface area contributed by atoms with E-state index in [1.807, 2.05) is 0 Å². The number of furan rings is 1. The molecule has 0 atom stereocenters. The largest absolute Gasteiger partial charge is 0.476 e. The first kappa shape index (κ1) is 15.8. The van der Waals surface area contributed by atoms with E-state index in [-0.39, 0.29) is 17.3 Å². The average molecular weight is 326 g/mol. The molecule has 118 valence electrons. The van der Waals surface area contributed by atoms with Gasteiger partial charge in [0.2, 0.25) is 16.7 Å². The molecule has 0 aliphatic heterocycles. The molecule has 0 aromatic carbocycles. The molecule has 8 nitrogen and oxygen atoms in total. The predicted octanol–water partition coefficient (Wildman–Crippen LogP) is 1.66. The van der Waals surface area contributed by atoms with E-state index < -0.39 is 21.1 Å². The molecule has 0 radical (unpaired) electrons. The molecular formula is C13H14N2O6S. The number of pyridine rings is 1. The number of ether oxygens (including phenoxy) is 2. The average Bonchev–Trinajstić information content (AvgIpc) is 2.99. The Morgan fingerprint density at radius 3 is 2.82 bits per heavy atom. The van der Waals surface area contributed by atoms with Gasteiger partial charge in [-0.3, -0.25) is 4.72 Å². The molecule has 0 amide bonds. The number of nitrogens with zero attached hydrogens (tertiary/aromatic N) is 1. The number of carbonyl (C=O) groups is 1. The Labute approximate surface area is 127 Å². The lowest BCUT2D eigenvalue weighted by molar-refractivity contribution is 0.0559. The van der Waals surface area contributed by atoms with E-state index in [0.29, 0.717) is 6.61 Å². The number of sulfonamides is 1. The van der Waals surface area contributed by atoms with E-state index >= 15 is 0 Å². The molecule has 2 aromatic heterocycles. The van der Waals surface area contributed by atoms with E-state index in [2.05, 4.69) is 14.4 Å². The van der Waals surface area contributed by atoms with Crippen LogP contribution in [-0.2, 0) is 14.8 Å². The fraction of sp³-hybridized carbons (Fsp3) is 0.231. The predicted molar refractivity (Wildman–Crippen MR) is 76.3 cm³/mol. The van der Waals surface area contributed by atoms with Gasteiger partial charge in [-0.2, -0.15) is 8.42 Å². The Hall–Kier alpha value is -2.55. The highest BCUT2D eigenvalue weighted by Crippen LogP contribution is 2.25. The van der Waals surface area contributed by atoms with Crippen LogP contribution in [0.4, 0.5) is 5.69 Å². The molecule has 0 aliphatic rings. The van der Waals surface area contributed by atoms with Crippen LogP contribution in [0, 0.1) is 0 Å². The molecule has 2 heterocycles. The van der Waals surface area contributed by atoms with Crippen LogP contribution in [0.25, 0.3) is 0 Å². The van der Waals surface area contributed by atoms with E-state index in [4.69, 9.17) is 9.15 Å². The van der Waals surface area contributed by atoms with Crippen molar-refractivity contribution in [3.8, 4) is 5.88 Å². The van der Waals surface area contributed by atoms with Gasteiger partial charge in [-0.15, -0.1) is 0 Å². The van der Waals surface area contributed by atoms with Crippen molar-refractivity contribution in [1.82, 2.24) is 4.98 Å². The van der Waals surface area contributed by atoms with E-state index in [1.165, 1.54) is 25.4 Å². The summed E-state index contributed by atoms with van der Waals surface area (Å²) in [5.74, 6) is -0.828. The summed E-state index contributed by atoms with van der Waals surface area (Å²) in [5, 5.41) is -0.417. The molecule has 0 spiro atoms. The summed E-state index contributed by atoms with van der Waals surface area (Å²) in [6, 6.07) is 5.43. The summed E-state index contributed by atoms with van der Waals surface area (Å²) in [7, 11) is -2.85. The second kappa shape index (κ2) is 6.48. The van der Waals surface area contributed by atoms with Gasteiger partial charge in [0, 0.05) is 6.20 Å². The van der Waals surface area contributed by atoms with E-state index in [0.717, 1.165) is 6.07 Å². The van der Waals surface area contributed by atoms with Crippen LogP contribution in [0.15, 0.2) is 40.0 Å². The lowest BCUT2D eigenvalue weighted by atomic mass is 10.4. The Kier molecular flexibility index (Phi) is 4.66. The number of anilines is 1. The third kappa shape index (κ3) is 3.37. The summed E-state index contributed by atoms with van der Waals surface area (Å²) >= 11 is 0. The molecule has 9 heteroatoms. The first-order valence-corrected chi connectivity index (χ1v) is 7.75. The third-order valence-corrected chi connectivity index (χ3v) is 3.77. The SMILES string of the molecule is CCOc1ncccc1NS(=O)(=O)c1ccc(C(=O)OC)o1. The first-order chi connectivity index (χ1) is 10.5. The first-order valence-electron chi connectivity index (χ1n) is 6.26. The third-order valence-electron chi connectivity index (χ3n) is 2.53. The fourth-order valence-electron chi connectivity index (χ4n) is 1.59. The standard InChI is InChI=1S/C13H14N2O6S/c1-3-20-12-9(5-4-8-14-12)15-22(17,18)11-7-6-10(21-11)13(16)19-2/h4-8,15H,3H2,1-2H3. The zero-order valence-electron chi connectivity index (χ0n) is 11.9. The Bertz CT molecular complexity index is 768. The molecule has 22 heavy (non-hydrogen) atoms. The van der Waals surface area contributed by atoms with Crippen LogP contribution in [0.2, 0.25) is 0 Å². The van der Waals surface area contributed by atoms with Crippen molar-refractivity contribution in [2.75, 3.05) is 18.4 Å². The van der Waals surface area contributed by atoms with Gasteiger partial charge in [0.25, 0.3) is 10.0 Å². The molecular weight excluding hydrogens is 312 g/mol. The Morgan fingerprint density at radius 1 is 1.36 bits per heavy atom. The molecule has 0 fully saturated rings. The molecule has 0 saturated heterocycles. The Morgan fingerprint density at radius 2 is 2.14 bits per heavy atom. The highest BCUT2D eigenvalue weighted by Gasteiger charge is 2.23. The maximum atomic E-state index is 12.2. The number of hydrogen-bond donors (Lipinski definition) is 1. The van der Waals surface area contributed by atoms with Crippen LogP contribution in [0.5, 0.6) is 5.88 Å². The number of rotatable bonds is 6. The zero-order chi connectivity index (χ0) is 16.2. The van der Waals surface area contributed by atoms with Crippen LogP contribution in [-0.4, -0.2) is 33.1 Å². The van der Waals surface area contributed by atoms with Crippen LogP contribution in [0.3, 0.4) is 0 Å². The van der Waals surface area contributed by atoms with Crippen molar-refractivity contribution in [2.24, 2.45) is 0 Å². The second-order valence-electron chi connectivity index (χ2n) is 4.00. The van der Waals surface area contributed by atoms with Crippen molar-refractivity contribution in [3.05, 3.63) is 36.2 Å². The zero-order valence-corrected chi connectivity index (χ0v) is 12.7. The number of esters is 1. The molecule has 2 aromatic rings. The summed E-state index contributed by atoms with van der Waals surface area (Å²) in [6.07, 6.45) is 1.48. The molecule has 0 bridgehead atoms. The van der Waals surface area contributed by atoms with Gasteiger partial charge in [0.05, 0.1) is 13.7 Å². The highest BCUT2D eigenvalue weighted by atomic mass is 32.2. The minimum atomic E-state index is -4.02. The Balaban J connectivity index is 2.28. The molecule has 0 saturated carbocycles. The van der Waals surface area contributed by atoms with Gasteiger partial charge in [-0.05, 0) is 31.2 Å². The van der Waals surface area contributed by atoms with Crippen molar-refractivity contribution in [3.63, 3.8) is 0 Å². The van der Waals surface area contributed by atoms with Gasteiger partial charge in [-0.25, -0.2) is 9.78 Å². The van der Waals surface area contributed by atoms with Gasteiger partial charge in [-0.1, -0.05) is 0 Å². The van der Waals surface area contributed by atoms with Crippen molar-refractivity contribution < 1.29 is 27.1 Å². The van der Waals surface area contributed by atoms with Gasteiger partial charge in [0.15, 0.2) is 0 Å². The normalized spacial score (nSPS) is 11.0. The number of carbonyl (C=O) groups excluding carboxylic acids is 1. The van der Waals surface area contributed by atoms with Crippen molar-refractivity contribution in [2.45, 2.75) is 12.0 Å². The van der Waals surface area contributed by atoms with Crippen LogP contribution >= 0.6 is 0 Å². The van der Waals surface area contributed by atoms with Crippen LogP contribution in [0.1, 0.15) is 17.5 Å². The molecule has 0 unspecified atom stereocenters. The summed E-state index contributed by atoms with van der Waals surface area (Å²) < 4.78 is 41.5. The smallest absolute Gasteiger partial charge is 0.374 e. The minimum Gasteiger partial charge on any atom is -0.476 e. The maximum absolute atomic E-state index is 12.2. The van der Waals surface area contributed by atoms with Crippen LogP contribution < -0.4 is 9.46 Å². The van der Waals surface area contributed by atoms with Gasteiger partial charge >= 0.3 is 5.97 Å². The second-order valence-corrected chi connectivity index (χ2v) is 5.62. The summed E-state index contributed by atoms with van der Waals surface area (Å²) in [4.78, 5) is 15.2. The van der Waals surface area contributed by atoms with E-state index in [9.17, 15) is 13.2 Å². The molecule has 0 aliphatic carbocycles.